The summed E-state index contributed by atoms with van der Waals surface area (Å²) in [6, 6.07) is 12.1. The average molecular weight is 390 g/mol. The third kappa shape index (κ3) is 3.76. The van der Waals surface area contributed by atoms with Gasteiger partial charge in [-0.15, -0.1) is 0 Å². The topological polar surface area (TPSA) is 46.6 Å². The molecular formula is C20H17Cl2NO3. The number of rotatable bonds is 1. The standard InChI is InChI=1S/C20H17Cl2NO3/c1-20(2,3)26-19(25)23-17-11-14(22)7-8-15(17)16(18(23)24)10-12-5-4-6-13(21)9-12/h4-11H,1-3H3/b16-10+. The van der Waals surface area contributed by atoms with Gasteiger partial charge in [0.2, 0.25) is 0 Å². The fraction of sp³-hybridized carbons (Fsp3) is 0.200. The number of benzene rings is 2. The van der Waals surface area contributed by atoms with E-state index in [1.807, 2.05) is 6.07 Å². The van der Waals surface area contributed by atoms with E-state index in [1.54, 1.807) is 63.2 Å². The first-order chi connectivity index (χ1) is 12.2. The van der Waals surface area contributed by atoms with Crippen LogP contribution in [-0.2, 0) is 9.53 Å². The van der Waals surface area contributed by atoms with Gasteiger partial charge in [-0.1, -0.05) is 41.4 Å². The number of ether oxygens (including phenoxy) is 1. The number of fused-ring (bicyclic) bond motifs is 1. The zero-order chi connectivity index (χ0) is 19.1. The van der Waals surface area contributed by atoms with E-state index in [0.717, 1.165) is 10.5 Å². The zero-order valence-corrected chi connectivity index (χ0v) is 16.1. The summed E-state index contributed by atoms with van der Waals surface area (Å²) < 4.78 is 5.38. The molecule has 0 radical (unpaired) electrons. The van der Waals surface area contributed by atoms with Crippen molar-refractivity contribution >= 4 is 52.5 Å². The van der Waals surface area contributed by atoms with Crippen molar-refractivity contribution in [1.82, 2.24) is 0 Å². The number of carbonyl (C=O) groups is 2. The van der Waals surface area contributed by atoms with Crippen LogP contribution in [0.2, 0.25) is 10.0 Å². The molecule has 0 bridgehead atoms. The minimum Gasteiger partial charge on any atom is -0.443 e. The van der Waals surface area contributed by atoms with Gasteiger partial charge in [-0.05, 0) is 56.7 Å². The van der Waals surface area contributed by atoms with Crippen molar-refractivity contribution in [2.75, 3.05) is 4.90 Å². The quantitative estimate of drug-likeness (QED) is 0.577. The Bertz CT molecular complexity index is 929. The molecule has 2 aromatic carbocycles. The van der Waals surface area contributed by atoms with Crippen LogP contribution in [0.5, 0.6) is 0 Å². The Morgan fingerprint density at radius 1 is 1.08 bits per heavy atom. The second kappa shape index (κ2) is 6.78. The van der Waals surface area contributed by atoms with Gasteiger partial charge in [-0.2, -0.15) is 0 Å². The molecular weight excluding hydrogens is 373 g/mol. The molecule has 26 heavy (non-hydrogen) atoms. The van der Waals surface area contributed by atoms with Gasteiger partial charge >= 0.3 is 6.09 Å². The fourth-order valence-electron chi connectivity index (χ4n) is 2.65. The smallest absolute Gasteiger partial charge is 0.422 e. The van der Waals surface area contributed by atoms with Crippen LogP contribution in [0.3, 0.4) is 0 Å². The Balaban J connectivity index is 2.09. The predicted molar refractivity (Wildman–Crippen MR) is 104 cm³/mol. The number of carbonyl (C=O) groups excluding carboxylic acids is 2. The molecule has 2 aromatic rings. The number of nitrogens with zero attached hydrogens (tertiary/aromatic N) is 1. The molecule has 4 nitrogen and oxygen atoms in total. The molecule has 0 saturated heterocycles. The summed E-state index contributed by atoms with van der Waals surface area (Å²) in [6.45, 7) is 5.23. The highest BCUT2D eigenvalue weighted by Crippen LogP contribution is 2.40. The first-order valence-electron chi connectivity index (χ1n) is 8.00. The molecule has 2 amide bonds. The molecule has 0 atom stereocenters. The maximum Gasteiger partial charge on any atom is 0.422 e. The average Bonchev–Trinajstić information content (AvgIpc) is 2.77. The van der Waals surface area contributed by atoms with Crippen LogP contribution in [0.1, 0.15) is 31.9 Å². The Labute approximate surface area is 162 Å². The Hall–Kier alpha value is -2.30. The van der Waals surface area contributed by atoms with E-state index in [1.165, 1.54) is 0 Å². The third-order valence-electron chi connectivity index (χ3n) is 3.66. The van der Waals surface area contributed by atoms with Crippen molar-refractivity contribution in [2.45, 2.75) is 26.4 Å². The molecule has 0 N–H and O–H groups in total. The van der Waals surface area contributed by atoms with Crippen molar-refractivity contribution in [3.05, 3.63) is 63.6 Å². The zero-order valence-electron chi connectivity index (χ0n) is 14.5. The Morgan fingerprint density at radius 3 is 2.42 bits per heavy atom. The SMILES string of the molecule is CC(C)(C)OC(=O)N1C(=O)/C(=C/c2cccc(Cl)c2)c2ccc(Cl)cc21. The second-order valence-corrected chi connectivity index (χ2v) is 7.77. The van der Waals surface area contributed by atoms with Crippen LogP contribution in [0.25, 0.3) is 11.6 Å². The number of anilines is 1. The Morgan fingerprint density at radius 2 is 1.77 bits per heavy atom. The molecule has 134 valence electrons. The molecule has 6 heteroatoms. The van der Waals surface area contributed by atoms with Crippen LogP contribution in [-0.4, -0.2) is 17.6 Å². The van der Waals surface area contributed by atoms with Crippen LogP contribution in [0.15, 0.2) is 42.5 Å². The minimum atomic E-state index is -0.736. The van der Waals surface area contributed by atoms with Crippen molar-refractivity contribution < 1.29 is 14.3 Å². The highest BCUT2D eigenvalue weighted by Gasteiger charge is 2.39. The summed E-state index contributed by atoms with van der Waals surface area (Å²) in [6.07, 6.45) is 0.964. The first-order valence-corrected chi connectivity index (χ1v) is 8.76. The molecule has 3 rings (SSSR count). The van der Waals surface area contributed by atoms with Gasteiger partial charge in [0.25, 0.3) is 5.91 Å². The molecule has 0 unspecified atom stereocenters. The molecule has 0 aliphatic carbocycles. The Kier molecular flexibility index (Phi) is 4.82. The van der Waals surface area contributed by atoms with Crippen molar-refractivity contribution in [2.24, 2.45) is 0 Å². The molecule has 0 saturated carbocycles. The lowest BCUT2D eigenvalue weighted by molar-refractivity contribution is -0.112. The van der Waals surface area contributed by atoms with Gasteiger partial charge in [0.15, 0.2) is 0 Å². The molecule has 0 fully saturated rings. The third-order valence-corrected chi connectivity index (χ3v) is 4.13. The number of imide groups is 1. The van der Waals surface area contributed by atoms with E-state index in [-0.39, 0.29) is 0 Å². The van der Waals surface area contributed by atoms with Crippen molar-refractivity contribution in [3.8, 4) is 0 Å². The van der Waals surface area contributed by atoms with Gasteiger partial charge in [0.1, 0.15) is 5.60 Å². The molecule has 0 aromatic heterocycles. The van der Waals surface area contributed by atoms with E-state index in [9.17, 15) is 9.59 Å². The fourth-order valence-corrected chi connectivity index (χ4v) is 3.02. The number of hydrogen-bond donors (Lipinski definition) is 0. The lowest BCUT2D eigenvalue weighted by Crippen LogP contribution is -2.38. The van der Waals surface area contributed by atoms with Gasteiger partial charge in [0.05, 0.1) is 11.3 Å². The summed E-state index contributed by atoms with van der Waals surface area (Å²) in [7, 11) is 0. The lowest BCUT2D eigenvalue weighted by atomic mass is 10.0. The van der Waals surface area contributed by atoms with Gasteiger partial charge in [0, 0.05) is 15.6 Å². The van der Waals surface area contributed by atoms with Crippen molar-refractivity contribution in [1.29, 1.82) is 0 Å². The van der Waals surface area contributed by atoms with Gasteiger partial charge in [-0.25, -0.2) is 9.69 Å². The summed E-state index contributed by atoms with van der Waals surface area (Å²) in [5.41, 5.74) is 1.43. The normalized spacial score (nSPS) is 15.3. The maximum absolute atomic E-state index is 13.0. The van der Waals surface area contributed by atoms with Crippen molar-refractivity contribution in [3.63, 3.8) is 0 Å². The van der Waals surface area contributed by atoms with E-state index < -0.39 is 17.6 Å². The van der Waals surface area contributed by atoms with Gasteiger partial charge < -0.3 is 4.74 Å². The predicted octanol–water partition coefficient (Wildman–Crippen LogP) is 5.82. The molecule has 1 heterocycles. The van der Waals surface area contributed by atoms with Crippen LogP contribution in [0.4, 0.5) is 10.5 Å². The molecule has 1 aliphatic rings. The van der Waals surface area contributed by atoms with E-state index in [2.05, 4.69) is 0 Å². The maximum atomic E-state index is 13.0. The number of hydrogen-bond acceptors (Lipinski definition) is 3. The largest absolute Gasteiger partial charge is 0.443 e. The van der Waals surface area contributed by atoms with Crippen LogP contribution in [0, 0.1) is 0 Å². The number of amides is 2. The monoisotopic (exact) mass is 389 g/mol. The first kappa shape index (κ1) is 18.5. The minimum absolute atomic E-state index is 0.379. The molecule has 0 spiro atoms. The highest BCUT2D eigenvalue weighted by atomic mass is 35.5. The van der Waals surface area contributed by atoms with Crippen LogP contribution >= 0.6 is 23.2 Å². The van der Waals surface area contributed by atoms with Gasteiger partial charge in [-0.3, -0.25) is 4.79 Å². The van der Waals surface area contributed by atoms with E-state index >= 15 is 0 Å². The summed E-state index contributed by atoms with van der Waals surface area (Å²) in [4.78, 5) is 26.6. The van der Waals surface area contributed by atoms with Crippen LogP contribution < -0.4 is 4.90 Å². The van der Waals surface area contributed by atoms with E-state index in [0.29, 0.717) is 26.9 Å². The number of halogens is 2. The van der Waals surface area contributed by atoms with E-state index in [4.69, 9.17) is 27.9 Å². The second-order valence-electron chi connectivity index (χ2n) is 6.90. The lowest BCUT2D eigenvalue weighted by Gasteiger charge is -2.23. The molecule has 1 aliphatic heterocycles. The summed E-state index contributed by atoms with van der Waals surface area (Å²) in [5.74, 6) is -0.462. The summed E-state index contributed by atoms with van der Waals surface area (Å²) in [5, 5.41) is 0.985. The highest BCUT2D eigenvalue weighted by molar-refractivity contribution is 6.42. The summed E-state index contributed by atoms with van der Waals surface area (Å²) >= 11 is 12.1.